The molecule has 4 aromatic heterocycles. The summed E-state index contributed by atoms with van der Waals surface area (Å²) >= 11 is 6.62. The second-order valence-electron chi connectivity index (χ2n) is 10.5. The number of hydrogen-bond acceptors (Lipinski definition) is 9. The van der Waals surface area contributed by atoms with E-state index in [9.17, 15) is 9.00 Å². The molecule has 0 bridgehead atoms. The normalized spacial score (nSPS) is 14.6. The summed E-state index contributed by atoms with van der Waals surface area (Å²) in [5.74, 6) is 1.18. The molecule has 5 heterocycles. The van der Waals surface area contributed by atoms with Crippen LogP contribution in [0.5, 0.6) is 5.75 Å². The molecule has 1 aliphatic rings. The monoisotopic (exact) mass is 615 g/mol. The Morgan fingerprint density at radius 3 is 2.47 bits per heavy atom. The molecule has 1 atom stereocenters. The van der Waals surface area contributed by atoms with Crippen molar-refractivity contribution in [1.82, 2.24) is 29.8 Å². The first-order valence-corrected chi connectivity index (χ1v) is 15.5. The third kappa shape index (κ3) is 6.29. The Morgan fingerprint density at radius 2 is 1.77 bits per heavy atom. The van der Waals surface area contributed by atoms with Crippen LogP contribution in [0.2, 0.25) is 5.02 Å². The van der Waals surface area contributed by atoms with Crippen molar-refractivity contribution in [3.63, 3.8) is 0 Å². The molecular formula is C31H30ClN7O3S. The molecule has 2 N–H and O–H groups in total. The molecule has 1 unspecified atom stereocenters. The van der Waals surface area contributed by atoms with Crippen LogP contribution in [0.25, 0.3) is 22.3 Å². The molecule has 0 spiro atoms. The van der Waals surface area contributed by atoms with Crippen LogP contribution in [-0.2, 0) is 10.8 Å². The fourth-order valence-corrected chi connectivity index (χ4v) is 6.35. The minimum atomic E-state index is -1.49. The summed E-state index contributed by atoms with van der Waals surface area (Å²) in [5.41, 5.74) is 1.60. The predicted octanol–water partition coefficient (Wildman–Crippen LogP) is 5.52. The number of rotatable bonds is 8. The number of aromatic nitrogens is 5. The molecule has 5 aromatic rings. The van der Waals surface area contributed by atoms with E-state index in [1.807, 2.05) is 38.1 Å². The van der Waals surface area contributed by atoms with Gasteiger partial charge in [-0.1, -0.05) is 11.6 Å². The fourth-order valence-electron chi connectivity index (χ4n) is 5.00. The van der Waals surface area contributed by atoms with E-state index in [0.717, 1.165) is 37.4 Å². The predicted molar refractivity (Wildman–Crippen MR) is 168 cm³/mol. The van der Waals surface area contributed by atoms with Crippen molar-refractivity contribution in [2.24, 2.45) is 0 Å². The fraction of sp³-hybridized carbons (Fsp3) is 0.258. The highest BCUT2D eigenvalue weighted by Gasteiger charge is 2.20. The summed E-state index contributed by atoms with van der Waals surface area (Å²) in [6.45, 7) is 5.77. The molecule has 1 aliphatic heterocycles. The van der Waals surface area contributed by atoms with E-state index in [2.05, 4.69) is 25.6 Å². The highest BCUT2D eigenvalue weighted by molar-refractivity contribution is 7.85. The molecule has 1 aromatic carbocycles. The molecule has 0 aliphatic carbocycles. The molecule has 10 nitrogen and oxygen atoms in total. The van der Waals surface area contributed by atoms with Gasteiger partial charge in [-0.2, -0.15) is 4.98 Å². The standard InChI is InChI=1S/C31H30ClN7O3S/c1-19(2)39-29-20(17-36-31(38-29)37-21-3-5-22(6-4-21)42-23-7-11-33-12-8-23)15-26(30(39)40)28-27(32)16-25(18-35-28)43(41)24-9-13-34-14-10-24/h3-6,9-10,13-19,23,33H,7-8,11-12H2,1-2H3,(H,36,37,38). The van der Waals surface area contributed by atoms with E-state index in [4.69, 9.17) is 21.3 Å². The van der Waals surface area contributed by atoms with Crippen molar-refractivity contribution in [3.05, 3.63) is 88.7 Å². The van der Waals surface area contributed by atoms with E-state index in [1.165, 1.54) is 6.20 Å². The molecule has 1 fully saturated rings. The average molecular weight is 616 g/mol. The highest BCUT2D eigenvalue weighted by Crippen LogP contribution is 2.30. The summed E-state index contributed by atoms with van der Waals surface area (Å²) in [6, 6.07) is 14.1. The number of benzene rings is 1. The Bertz CT molecular complexity index is 1840. The number of nitrogens with one attached hydrogen (secondary N) is 2. The topological polar surface area (TPSA) is 124 Å². The minimum Gasteiger partial charge on any atom is -0.490 e. The number of nitrogens with zero attached hydrogens (tertiary/aromatic N) is 5. The summed E-state index contributed by atoms with van der Waals surface area (Å²) < 4.78 is 20.7. The Labute approximate surface area is 256 Å². The van der Waals surface area contributed by atoms with Gasteiger partial charge in [-0.3, -0.25) is 19.3 Å². The Kier molecular flexibility index (Phi) is 8.46. The smallest absolute Gasteiger partial charge is 0.261 e. The molecular weight excluding hydrogens is 586 g/mol. The van der Waals surface area contributed by atoms with Crippen LogP contribution < -0.4 is 20.9 Å². The zero-order valence-corrected chi connectivity index (χ0v) is 25.2. The van der Waals surface area contributed by atoms with Gasteiger partial charge < -0.3 is 15.4 Å². The summed E-state index contributed by atoms with van der Waals surface area (Å²) in [4.78, 5) is 32.4. The number of ether oxygens (including phenoxy) is 1. The number of hydrogen-bond donors (Lipinski definition) is 2. The van der Waals surface area contributed by atoms with Crippen molar-refractivity contribution in [2.75, 3.05) is 18.4 Å². The van der Waals surface area contributed by atoms with Crippen LogP contribution in [0, 0.1) is 0 Å². The number of pyridine rings is 3. The van der Waals surface area contributed by atoms with Gasteiger partial charge in [0.15, 0.2) is 0 Å². The Balaban J connectivity index is 1.28. The minimum absolute atomic E-state index is 0.207. The molecule has 0 amide bonds. The Morgan fingerprint density at radius 1 is 1.02 bits per heavy atom. The zero-order valence-electron chi connectivity index (χ0n) is 23.7. The maximum absolute atomic E-state index is 13.8. The lowest BCUT2D eigenvalue weighted by Gasteiger charge is -2.23. The van der Waals surface area contributed by atoms with Crippen LogP contribution in [0.15, 0.2) is 87.9 Å². The maximum Gasteiger partial charge on any atom is 0.261 e. The number of halogens is 1. The first kappa shape index (κ1) is 28.9. The lowest BCUT2D eigenvalue weighted by Crippen LogP contribution is -2.34. The van der Waals surface area contributed by atoms with Gasteiger partial charge in [0.2, 0.25) is 5.95 Å². The van der Waals surface area contributed by atoms with Crippen molar-refractivity contribution in [3.8, 4) is 17.0 Å². The van der Waals surface area contributed by atoms with Gasteiger partial charge in [0.1, 0.15) is 17.5 Å². The van der Waals surface area contributed by atoms with Gasteiger partial charge in [-0.25, -0.2) is 9.19 Å². The largest absolute Gasteiger partial charge is 0.490 e. The first-order chi connectivity index (χ1) is 20.9. The SMILES string of the molecule is CC(C)n1c(=O)c(-c2ncc(S(=O)c3ccncc3)cc2Cl)cc2cnc(Nc3ccc(OC4CCNCC4)cc3)nc21. The number of anilines is 2. The van der Waals surface area contributed by atoms with Crippen molar-refractivity contribution in [2.45, 2.75) is 48.6 Å². The van der Waals surface area contributed by atoms with E-state index < -0.39 is 10.8 Å². The second-order valence-corrected chi connectivity index (χ2v) is 12.4. The van der Waals surface area contributed by atoms with E-state index in [1.54, 1.807) is 47.4 Å². The van der Waals surface area contributed by atoms with Gasteiger partial charge in [0.05, 0.1) is 32.0 Å². The van der Waals surface area contributed by atoms with Crippen LogP contribution in [0.4, 0.5) is 11.6 Å². The quantitative estimate of drug-likeness (QED) is 0.232. The molecule has 220 valence electrons. The van der Waals surface area contributed by atoms with Gasteiger partial charge >= 0.3 is 0 Å². The van der Waals surface area contributed by atoms with Crippen molar-refractivity contribution in [1.29, 1.82) is 0 Å². The second kappa shape index (κ2) is 12.6. The lowest BCUT2D eigenvalue weighted by molar-refractivity contribution is 0.162. The Hall–Kier alpha value is -4.19. The molecule has 12 heteroatoms. The third-order valence-electron chi connectivity index (χ3n) is 7.14. The van der Waals surface area contributed by atoms with Crippen molar-refractivity contribution >= 4 is 45.1 Å². The lowest BCUT2D eigenvalue weighted by atomic mass is 10.1. The van der Waals surface area contributed by atoms with Crippen LogP contribution in [0.1, 0.15) is 32.7 Å². The zero-order chi connectivity index (χ0) is 29.9. The maximum atomic E-state index is 13.8. The van der Waals surface area contributed by atoms with E-state index in [0.29, 0.717) is 38.0 Å². The van der Waals surface area contributed by atoms with E-state index in [-0.39, 0.29) is 22.7 Å². The van der Waals surface area contributed by atoms with Crippen LogP contribution in [0.3, 0.4) is 0 Å². The average Bonchev–Trinajstić information content (AvgIpc) is 3.02. The van der Waals surface area contributed by atoms with Gasteiger partial charge in [-0.05, 0) is 88.3 Å². The highest BCUT2D eigenvalue weighted by atomic mass is 35.5. The van der Waals surface area contributed by atoms with E-state index >= 15 is 0 Å². The van der Waals surface area contributed by atoms with Crippen LogP contribution in [-0.4, -0.2) is 47.9 Å². The summed E-state index contributed by atoms with van der Waals surface area (Å²) in [7, 11) is -1.49. The molecule has 43 heavy (non-hydrogen) atoms. The van der Waals surface area contributed by atoms with Gasteiger partial charge in [0.25, 0.3) is 5.56 Å². The molecule has 1 saturated heterocycles. The summed E-state index contributed by atoms with van der Waals surface area (Å²) in [5, 5.41) is 7.45. The number of fused-ring (bicyclic) bond motifs is 1. The third-order valence-corrected chi connectivity index (χ3v) is 8.78. The van der Waals surface area contributed by atoms with Crippen LogP contribution >= 0.6 is 11.6 Å². The summed E-state index contributed by atoms with van der Waals surface area (Å²) in [6.07, 6.45) is 8.50. The molecule has 0 radical (unpaired) electrons. The van der Waals surface area contributed by atoms with Gasteiger partial charge in [-0.15, -0.1) is 0 Å². The van der Waals surface area contributed by atoms with Crippen molar-refractivity contribution < 1.29 is 8.95 Å². The molecule has 6 rings (SSSR count). The first-order valence-electron chi connectivity index (χ1n) is 14.0. The number of piperidine rings is 1. The van der Waals surface area contributed by atoms with Gasteiger partial charge in [0, 0.05) is 46.8 Å². The molecule has 0 saturated carbocycles.